The smallest absolute Gasteiger partial charge is 0.0712 e. The molecule has 0 saturated heterocycles. The molecule has 3 aromatic rings. The second-order valence-electron chi connectivity index (χ2n) is 6.48. The van der Waals surface area contributed by atoms with Crippen LogP contribution in [-0.2, 0) is 0 Å². The normalized spacial score (nSPS) is 11.4. The van der Waals surface area contributed by atoms with E-state index in [1.165, 1.54) is 27.8 Å². The summed E-state index contributed by atoms with van der Waals surface area (Å²) in [5, 5.41) is 1.24. The van der Waals surface area contributed by atoms with Crippen LogP contribution in [-0.4, -0.2) is 18.1 Å². The summed E-state index contributed by atoms with van der Waals surface area (Å²) in [6.07, 6.45) is 4.23. The molecule has 0 fully saturated rings. The Kier molecular flexibility index (Phi) is 5.18. The molecule has 2 nitrogen and oxygen atoms in total. The zero-order chi connectivity index (χ0) is 17.8. The average Bonchev–Trinajstić information content (AvgIpc) is 2.63. The topological polar surface area (TPSA) is 16.1 Å². The highest BCUT2D eigenvalue weighted by Crippen LogP contribution is 2.21. The molecule has 2 heteroatoms. The van der Waals surface area contributed by atoms with Gasteiger partial charge in [-0.15, -0.1) is 0 Å². The van der Waals surface area contributed by atoms with E-state index in [1.807, 2.05) is 0 Å². The van der Waals surface area contributed by atoms with Crippen LogP contribution in [0.3, 0.4) is 0 Å². The van der Waals surface area contributed by atoms with Crippen molar-refractivity contribution in [2.45, 2.75) is 27.7 Å². The minimum atomic E-state index is 1.00. The Balaban J connectivity index is 1.84. The van der Waals surface area contributed by atoms with Gasteiger partial charge in [0.15, 0.2) is 0 Å². The van der Waals surface area contributed by atoms with E-state index in [-0.39, 0.29) is 0 Å². The third-order valence-corrected chi connectivity index (χ3v) is 4.66. The maximum absolute atomic E-state index is 4.77. The number of nitrogens with zero attached hydrogens (tertiary/aromatic N) is 2. The Morgan fingerprint density at radius 1 is 0.880 bits per heavy atom. The third-order valence-electron chi connectivity index (χ3n) is 4.66. The van der Waals surface area contributed by atoms with Crippen LogP contribution in [0.15, 0.2) is 48.5 Å². The van der Waals surface area contributed by atoms with E-state index in [2.05, 4.69) is 93.3 Å². The molecular formula is C23H26N2. The number of benzene rings is 2. The number of hydrogen-bond donors (Lipinski definition) is 0. The Hall–Kier alpha value is -2.61. The summed E-state index contributed by atoms with van der Waals surface area (Å²) >= 11 is 0. The molecule has 128 valence electrons. The van der Waals surface area contributed by atoms with Gasteiger partial charge >= 0.3 is 0 Å². The zero-order valence-electron chi connectivity index (χ0n) is 15.6. The molecule has 0 atom stereocenters. The predicted octanol–water partition coefficient (Wildman–Crippen LogP) is 5.87. The SMILES string of the molecule is CCN(CC)c1ccc(/C=C\c2cc(C)c3cc(C)ccc3n2)cc1. The monoisotopic (exact) mass is 330 g/mol. The second kappa shape index (κ2) is 7.52. The second-order valence-corrected chi connectivity index (χ2v) is 6.48. The van der Waals surface area contributed by atoms with Crippen molar-refractivity contribution >= 4 is 28.7 Å². The summed E-state index contributed by atoms with van der Waals surface area (Å²) in [7, 11) is 0. The van der Waals surface area contributed by atoms with Gasteiger partial charge in [0.2, 0.25) is 0 Å². The van der Waals surface area contributed by atoms with Gasteiger partial charge in [0, 0.05) is 24.2 Å². The number of rotatable bonds is 5. The van der Waals surface area contributed by atoms with Crippen LogP contribution in [0, 0.1) is 13.8 Å². The fourth-order valence-corrected chi connectivity index (χ4v) is 3.19. The van der Waals surface area contributed by atoms with Crippen molar-refractivity contribution in [2.75, 3.05) is 18.0 Å². The van der Waals surface area contributed by atoms with Crippen molar-refractivity contribution in [1.82, 2.24) is 4.98 Å². The minimum absolute atomic E-state index is 1.00. The third kappa shape index (κ3) is 3.90. The van der Waals surface area contributed by atoms with E-state index in [9.17, 15) is 0 Å². The highest BCUT2D eigenvalue weighted by Gasteiger charge is 2.02. The fourth-order valence-electron chi connectivity index (χ4n) is 3.19. The van der Waals surface area contributed by atoms with E-state index in [0.29, 0.717) is 0 Å². The van der Waals surface area contributed by atoms with Crippen LogP contribution in [0.2, 0.25) is 0 Å². The van der Waals surface area contributed by atoms with Gasteiger partial charge < -0.3 is 4.90 Å². The summed E-state index contributed by atoms with van der Waals surface area (Å²) in [6, 6.07) is 17.3. The van der Waals surface area contributed by atoms with Gasteiger partial charge in [-0.3, -0.25) is 0 Å². The Labute approximate surface area is 150 Å². The Morgan fingerprint density at radius 3 is 2.28 bits per heavy atom. The largest absolute Gasteiger partial charge is 0.372 e. The maximum Gasteiger partial charge on any atom is 0.0712 e. The molecule has 1 heterocycles. The van der Waals surface area contributed by atoms with Crippen molar-refractivity contribution < 1.29 is 0 Å². The zero-order valence-corrected chi connectivity index (χ0v) is 15.6. The quantitative estimate of drug-likeness (QED) is 0.582. The first-order chi connectivity index (χ1) is 12.1. The van der Waals surface area contributed by atoms with Crippen LogP contribution in [0.4, 0.5) is 5.69 Å². The van der Waals surface area contributed by atoms with Gasteiger partial charge in [0.1, 0.15) is 0 Å². The number of pyridine rings is 1. The summed E-state index contributed by atoms with van der Waals surface area (Å²) in [6.45, 7) is 10.7. The highest BCUT2D eigenvalue weighted by atomic mass is 15.1. The van der Waals surface area contributed by atoms with Gasteiger partial charge in [-0.05, 0) is 75.2 Å². The molecule has 0 N–H and O–H groups in total. The molecule has 0 amide bonds. The lowest BCUT2D eigenvalue weighted by Gasteiger charge is -2.20. The lowest BCUT2D eigenvalue weighted by molar-refractivity contribution is 0.866. The molecule has 1 aromatic heterocycles. The fraction of sp³-hybridized carbons (Fsp3) is 0.261. The molecule has 0 aliphatic rings. The first-order valence-electron chi connectivity index (χ1n) is 9.01. The summed E-state index contributed by atoms with van der Waals surface area (Å²) in [5.74, 6) is 0. The lowest BCUT2D eigenvalue weighted by Crippen LogP contribution is -2.21. The molecule has 25 heavy (non-hydrogen) atoms. The molecule has 0 saturated carbocycles. The summed E-state index contributed by atoms with van der Waals surface area (Å²) in [4.78, 5) is 7.12. The van der Waals surface area contributed by atoms with Crippen LogP contribution in [0.25, 0.3) is 23.1 Å². The van der Waals surface area contributed by atoms with E-state index in [4.69, 9.17) is 4.98 Å². The molecule has 0 radical (unpaired) electrons. The van der Waals surface area contributed by atoms with Gasteiger partial charge in [0.05, 0.1) is 11.2 Å². The summed E-state index contributed by atoms with van der Waals surface area (Å²) < 4.78 is 0. The highest BCUT2D eigenvalue weighted by molar-refractivity contribution is 5.84. The maximum atomic E-state index is 4.77. The first kappa shape index (κ1) is 17.2. The van der Waals surface area contributed by atoms with E-state index >= 15 is 0 Å². The van der Waals surface area contributed by atoms with Gasteiger partial charge in [-0.2, -0.15) is 0 Å². The van der Waals surface area contributed by atoms with Crippen LogP contribution in [0.1, 0.15) is 36.2 Å². The lowest BCUT2D eigenvalue weighted by atomic mass is 10.1. The molecule has 0 aliphatic carbocycles. The van der Waals surface area contributed by atoms with Crippen molar-refractivity contribution in [3.05, 3.63) is 70.9 Å². The van der Waals surface area contributed by atoms with E-state index in [1.54, 1.807) is 0 Å². The standard InChI is InChI=1S/C23H26N2/c1-5-25(6-2)21-12-9-19(10-13-21)8-11-20-16-18(4)22-15-17(3)7-14-23(22)24-20/h7-16H,5-6H2,1-4H3/b11-8-. The van der Waals surface area contributed by atoms with Gasteiger partial charge in [-0.25, -0.2) is 4.98 Å². The average molecular weight is 330 g/mol. The molecule has 0 aliphatic heterocycles. The predicted molar refractivity (Wildman–Crippen MR) is 110 cm³/mol. The van der Waals surface area contributed by atoms with Gasteiger partial charge in [0.25, 0.3) is 0 Å². The van der Waals surface area contributed by atoms with Crippen LogP contribution < -0.4 is 4.90 Å². The molecule has 0 spiro atoms. The number of anilines is 1. The number of aromatic nitrogens is 1. The van der Waals surface area contributed by atoms with E-state index in [0.717, 1.165) is 24.3 Å². The number of fused-ring (bicyclic) bond motifs is 1. The molecule has 2 aromatic carbocycles. The molecule has 0 unspecified atom stereocenters. The molecular weight excluding hydrogens is 304 g/mol. The first-order valence-corrected chi connectivity index (χ1v) is 9.01. The Morgan fingerprint density at radius 2 is 1.60 bits per heavy atom. The number of aryl methyl sites for hydroxylation is 2. The van der Waals surface area contributed by atoms with E-state index < -0.39 is 0 Å². The van der Waals surface area contributed by atoms with Crippen molar-refractivity contribution in [1.29, 1.82) is 0 Å². The van der Waals surface area contributed by atoms with Crippen LogP contribution in [0.5, 0.6) is 0 Å². The summed E-state index contributed by atoms with van der Waals surface area (Å²) in [5.41, 5.74) is 7.07. The van der Waals surface area contributed by atoms with Gasteiger partial charge in [-0.1, -0.05) is 29.8 Å². The minimum Gasteiger partial charge on any atom is -0.372 e. The molecule has 3 rings (SSSR count). The Bertz CT molecular complexity index is 888. The van der Waals surface area contributed by atoms with Crippen molar-refractivity contribution in [3.8, 4) is 0 Å². The van der Waals surface area contributed by atoms with Crippen LogP contribution >= 0.6 is 0 Å². The number of hydrogen-bond acceptors (Lipinski definition) is 2. The van der Waals surface area contributed by atoms with Crippen molar-refractivity contribution in [3.63, 3.8) is 0 Å². The van der Waals surface area contributed by atoms with Crippen molar-refractivity contribution in [2.24, 2.45) is 0 Å². The molecule has 0 bridgehead atoms.